The van der Waals surface area contributed by atoms with Crippen molar-refractivity contribution in [3.05, 3.63) is 72.8 Å². The Morgan fingerprint density at radius 1 is 0.944 bits per heavy atom. The number of ether oxygens (including phenoxy) is 2. The molecule has 0 saturated heterocycles. The third-order valence-electron chi connectivity index (χ3n) is 2.66. The molecule has 0 amide bonds. The minimum Gasteiger partial charge on any atom is -0.497 e. The van der Waals surface area contributed by atoms with Gasteiger partial charge in [-0.3, -0.25) is 0 Å². The molecule has 18 heavy (non-hydrogen) atoms. The molecule has 2 aromatic carbocycles. The van der Waals surface area contributed by atoms with Crippen LogP contribution in [0.15, 0.2) is 67.3 Å². The smallest absolute Gasteiger partial charge is 0.142 e. The van der Waals surface area contributed by atoms with Crippen LogP contribution in [0.1, 0.15) is 11.7 Å². The standard InChI is InChI=1S/C16H16O2/c1-3-16(13-7-5-4-6-8-13)18-15-11-9-14(17-2)10-12-15/h3-12,16H,1H2,2H3. The fraction of sp³-hybridized carbons (Fsp3) is 0.125. The van der Waals surface area contributed by atoms with Crippen LogP contribution in [0.5, 0.6) is 11.5 Å². The van der Waals surface area contributed by atoms with Crippen LogP contribution in [-0.4, -0.2) is 7.11 Å². The molecule has 0 aromatic heterocycles. The first kappa shape index (κ1) is 12.2. The molecule has 0 aliphatic rings. The molecule has 0 N–H and O–H groups in total. The maximum absolute atomic E-state index is 5.88. The van der Waals surface area contributed by atoms with E-state index in [1.54, 1.807) is 13.2 Å². The highest BCUT2D eigenvalue weighted by Crippen LogP contribution is 2.24. The Morgan fingerprint density at radius 2 is 1.56 bits per heavy atom. The van der Waals surface area contributed by atoms with Gasteiger partial charge in [-0.25, -0.2) is 0 Å². The monoisotopic (exact) mass is 240 g/mol. The van der Waals surface area contributed by atoms with Crippen LogP contribution in [0, 0.1) is 0 Å². The third kappa shape index (κ3) is 2.92. The second-order valence-corrected chi connectivity index (χ2v) is 3.86. The molecule has 0 spiro atoms. The van der Waals surface area contributed by atoms with Gasteiger partial charge in [-0.2, -0.15) is 0 Å². The van der Waals surface area contributed by atoms with E-state index in [9.17, 15) is 0 Å². The van der Waals surface area contributed by atoms with Crippen molar-refractivity contribution < 1.29 is 9.47 Å². The molecule has 0 radical (unpaired) electrons. The van der Waals surface area contributed by atoms with Crippen LogP contribution in [0.2, 0.25) is 0 Å². The van der Waals surface area contributed by atoms with Crippen LogP contribution in [0.3, 0.4) is 0 Å². The maximum atomic E-state index is 5.88. The average molecular weight is 240 g/mol. The average Bonchev–Trinajstić information content (AvgIpc) is 2.46. The van der Waals surface area contributed by atoms with Crippen molar-refractivity contribution in [3.8, 4) is 11.5 Å². The van der Waals surface area contributed by atoms with E-state index >= 15 is 0 Å². The van der Waals surface area contributed by atoms with Crippen molar-refractivity contribution in [2.75, 3.05) is 7.11 Å². The van der Waals surface area contributed by atoms with Gasteiger partial charge in [0, 0.05) is 0 Å². The Hall–Kier alpha value is -2.22. The fourth-order valence-corrected chi connectivity index (χ4v) is 1.70. The van der Waals surface area contributed by atoms with Crippen LogP contribution >= 0.6 is 0 Å². The second-order valence-electron chi connectivity index (χ2n) is 3.86. The lowest BCUT2D eigenvalue weighted by atomic mass is 10.1. The van der Waals surface area contributed by atoms with E-state index in [0.29, 0.717) is 0 Å². The summed E-state index contributed by atoms with van der Waals surface area (Å²) < 4.78 is 11.0. The lowest BCUT2D eigenvalue weighted by Gasteiger charge is -2.16. The van der Waals surface area contributed by atoms with Gasteiger partial charge in [0.1, 0.15) is 17.6 Å². The Labute approximate surface area is 107 Å². The molecule has 2 rings (SSSR count). The van der Waals surface area contributed by atoms with Gasteiger partial charge in [-0.05, 0) is 35.9 Å². The van der Waals surface area contributed by atoms with Crippen molar-refractivity contribution in [2.24, 2.45) is 0 Å². The number of hydrogen-bond acceptors (Lipinski definition) is 2. The van der Waals surface area contributed by atoms with Crippen LogP contribution in [0.4, 0.5) is 0 Å². The van der Waals surface area contributed by atoms with Gasteiger partial charge in [-0.1, -0.05) is 36.9 Å². The van der Waals surface area contributed by atoms with Gasteiger partial charge in [0.2, 0.25) is 0 Å². The van der Waals surface area contributed by atoms with E-state index in [4.69, 9.17) is 9.47 Å². The zero-order valence-electron chi connectivity index (χ0n) is 10.4. The topological polar surface area (TPSA) is 18.5 Å². The van der Waals surface area contributed by atoms with E-state index in [0.717, 1.165) is 17.1 Å². The SMILES string of the molecule is C=CC(Oc1ccc(OC)cc1)c1ccccc1. The molecule has 1 atom stereocenters. The van der Waals surface area contributed by atoms with Crippen LogP contribution in [-0.2, 0) is 0 Å². The Morgan fingerprint density at radius 3 is 2.11 bits per heavy atom. The molecule has 0 fully saturated rings. The molecule has 2 heteroatoms. The van der Waals surface area contributed by atoms with E-state index in [2.05, 4.69) is 6.58 Å². The highest BCUT2D eigenvalue weighted by Gasteiger charge is 2.08. The minimum atomic E-state index is -0.139. The van der Waals surface area contributed by atoms with Gasteiger partial charge in [0.15, 0.2) is 0 Å². The molecular formula is C16H16O2. The molecule has 2 nitrogen and oxygen atoms in total. The van der Waals surface area contributed by atoms with Crippen LogP contribution < -0.4 is 9.47 Å². The summed E-state index contributed by atoms with van der Waals surface area (Å²) in [7, 11) is 1.65. The summed E-state index contributed by atoms with van der Waals surface area (Å²) in [4.78, 5) is 0. The summed E-state index contributed by atoms with van der Waals surface area (Å²) in [5, 5.41) is 0. The van der Waals surface area contributed by atoms with Gasteiger partial charge >= 0.3 is 0 Å². The van der Waals surface area contributed by atoms with E-state index in [1.165, 1.54) is 0 Å². The van der Waals surface area contributed by atoms with Gasteiger partial charge in [-0.15, -0.1) is 0 Å². The normalized spacial score (nSPS) is 11.6. The quantitative estimate of drug-likeness (QED) is 0.735. The summed E-state index contributed by atoms with van der Waals surface area (Å²) in [5.41, 5.74) is 1.09. The molecule has 0 aliphatic heterocycles. The highest BCUT2D eigenvalue weighted by atomic mass is 16.5. The number of benzene rings is 2. The predicted molar refractivity (Wildman–Crippen MR) is 73.0 cm³/mol. The Kier molecular flexibility index (Phi) is 4.02. The summed E-state index contributed by atoms with van der Waals surface area (Å²) in [6.07, 6.45) is 1.65. The van der Waals surface area contributed by atoms with Crippen molar-refractivity contribution in [1.82, 2.24) is 0 Å². The Bertz CT molecular complexity index is 488. The molecule has 0 bridgehead atoms. The maximum Gasteiger partial charge on any atom is 0.142 e. The van der Waals surface area contributed by atoms with Gasteiger partial charge < -0.3 is 9.47 Å². The lowest BCUT2D eigenvalue weighted by Crippen LogP contribution is -2.03. The molecule has 2 aromatic rings. The van der Waals surface area contributed by atoms with E-state index < -0.39 is 0 Å². The summed E-state index contributed by atoms with van der Waals surface area (Å²) in [6, 6.07) is 17.5. The first-order valence-corrected chi connectivity index (χ1v) is 5.81. The molecule has 0 aliphatic carbocycles. The summed E-state index contributed by atoms with van der Waals surface area (Å²) in [6.45, 7) is 3.82. The minimum absolute atomic E-state index is 0.139. The predicted octanol–water partition coefficient (Wildman–Crippen LogP) is 4.00. The van der Waals surface area contributed by atoms with Crippen molar-refractivity contribution in [2.45, 2.75) is 6.10 Å². The molecule has 0 heterocycles. The van der Waals surface area contributed by atoms with E-state index in [-0.39, 0.29) is 6.10 Å². The first-order valence-electron chi connectivity index (χ1n) is 5.81. The number of rotatable bonds is 5. The molecule has 92 valence electrons. The zero-order chi connectivity index (χ0) is 12.8. The van der Waals surface area contributed by atoms with E-state index in [1.807, 2.05) is 54.6 Å². The summed E-state index contributed by atoms with van der Waals surface area (Å²) >= 11 is 0. The molecule has 0 saturated carbocycles. The number of methoxy groups -OCH3 is 1. The third-order valence-corrected chi connectivity index (χ3v) is 2.66. The second kappa shape index (κ2) is 5.92. The fourth-order valence-electron chi connectivity index (χ4n) is 1.70. The summed E-state index contributed by atoms with van der Waals surface area (Å²) in [5.74, 6) is 1.61. The zero-order valence-corrected chi connectivity index (χ0v) is 10.4. The Balaban J connectivity index is 2.13. The lowest BCUT2D eigenvalue weighted by molar-refractivity contribution is 0.255. The highest BCUT2D eigenvalue weighted by molar-refractivity contribution is 5.32. The van der Waals surface area contributed by atoms with Crippen molar-refractivity contribution >= 4 is 0 Å². The number of hydrogen-bond donors (Lipinski definition) is 0. The molecular weight excluding hydrogens is 224 g/mol. The van der Waals surface area contributed by atoms with Gasteiger partial charge in [0.05, 0.1) is 7.11 Å². The largest absolute Gasteiger partial charge is 0.497 e. The first-order chi connectivity index (χ1) is 8.83. The molecule has 1 unspecified atom stereocenters. The van der Waals surface area contributed by atoms with Crippen molar-refractivity contribution in [1.29, 1.82) is 0 Å². The van der Waals surface area contributed by atoms with Crippen LogP contribution in [0.25, 0.3) is 0 Å². The van der Waals surface area contributed by atoms with Crippen molar-refractivity contribution in [3.63, 3.8) is 0 Å². The van der Waals surface area contributed by atoms with Gasteiger partial charge in [0.25, 0.3) is 0 Å².